The predicted octanol–water partition coefficient (Wildman–Crippen LogP) is 4.14. The third-order valence-corrected chi connectivity index (χ3v) is 4.43. The summed E-state index contributed by atoms with van der Waals surface area (Å²) >= 11 is 0. The number of carbonyl (C=O) groups excluding carboxylic acids is 1. The lowest BCUT2D eigenvalue weighted by Crippen LogP contribution is -2.25. The third-order valence-electron chi connectivity index (χ3n) is 4.43. The molecule has 0 spiro atoms. The fraction of sp³-hybridized carbons (Fsp3) is 0.0870. The first-order valence-electron chi connectivity index (χ1n) is 9.62. The van der Waals surface area contributed by atoms with Gasteiger partial charge in [-0.25, -0.2) is 14.5 Å². The van der Waals surface area contributed by atoms with Crippen LogP contribution in [0.2, 0.25) is 0 Å². The monoisotopic (exact) mass is 417 g/mol. The number of benzene rings is 2. The van der Waals surface area contributed by atoms with Gasteiger partial charge in [-0.05, 0) is 55.5 Å². The first-order chi connectivity index (χ1) is 15.1. The molecular weight excluding hydrogens is 397 g/mol. The summed E-state index contributed by atoms with van der Waals surface area (Å²) in [6.07, 6.45) is 3.34. The number of halogens is 1. The molecule has 2 heterocycles. The van der Waals surface area contributed by atoms with E-state index in [0.29, 0.717) is 22.7 Å². The van der Waals surface area contributed by atoms with E-state index in [1.165, 1.54) is 18.3 Å². The summed E-state index contributed by atoms with van der Waals surface area (Å²) in [5, 5.41) is 11.6. The second-order valence-corrected chi connectivity index (χ2v) is 6.78. The molecule has 0 unspecified atom stereocenters. The van der Waals surface area contributed by atoms with Gasteiger partial charge in [0.05, 0.1) is 18.4 Å². The summed E-state index contributed by atoms with van der Waals surface area (Å²) in [6, 6.07) is 19.1. The standard InChI is InChI=1S/C23H20FN5O2/c1-16-7-12-21(31-16)23-17(15-29(28-23)20-5-3-2-4-6-20)13-26-27-22(30)14-25-19-10-8-18(24)9-11-19/h2-13,15,25H,14H2,1H3,(H,27,30)/b26-13-. The number of carbonyl (C=O) groups is 1. The van der Waals surface area contributed by atoms with Crippen molar-refractivity contribution in [3.63, 3.8) is 0 Å². The van der Waals surface area contributed by atoms with Gasteiger partial charge in [-0.1, -0.05) is 18.2 Å². The molecule has 0 aliphatic rings. The second kappa shape index (κ2) is 9.08. The Labute approximate surface area is 178 Å². The highest BCUT2D eigenvalue weighted by atomic mass is 19.1. The van der Waals surface area contributed by atoms with E-state index in [0.717, 1.165) is 11.4 Å². The van der Waals surface area contributed by atoms with Crippen LogP contribution in [0.5, 0.6) is 0 Å². The molecule has 2 aromatic carbocycles. The van der Waals surface area contributed by atoms with Crippen molar-refractivity contribution in [1.29, 1.82) is 0 Å². The number of nitrogens with one attached hydrogen (secondary N) is 2. The van der Waals surface area contributed by atoms with Crippen LogP contribution in [0.4, 0.5) is 10.1 Å². The molecule has 8 heteroatoms. The summed E-state index contributed by atoms with van der Waals surface area (Å²) in [6.45, 7) is 1.86. The highest BCUT2D eigenvalue weighted by Gasteiger charge is 2.14. The van der Waals surface area contributed by atoms with E-state index in [2.05, 4.69) is 20.9 Å². The van der Waals surface area contributed by atoms with Crippen LogP contribution < -0.4 is 10.7 Å². The molecule has 0 saturated heterocycles. The maximum atomic E-state index is 12.9. The minimum atomic E-state index is -0.341. The lowest BCUT2D eigenvalue weighted by Gasteiger charge is -2.04. The number of nitrogens with zero attached hydrogens (tertiary/aromatic N) is 3. The Morgan fingerprint density at radius 3 is 2.61 bits per heavy atom. The molecule has 0 aliphatic carbocycles. The molecule has 0 bridgehead atoms. The molecule has 156 valence electrons. The van der Waals surface area contributed by atoms with Crippen LogP contribution in [-0.4, -0.2) is 28.4 Å². The van der Waals surface area contributed by atoms with Crippen molar-refractivity contribution in [2.24, 2.45) is 5.10 Å². The molecule has 7 nitrogen and oxygen atoms in total. The van der Waals surface area contributed by atoms with Crippen molar-refractivity contribution in [2.75, 3.05) is 11.9 Å². The summed E-state index contributed by atoms with van der Waals surface area (Å²) < 4.78 is 20.4. The topological polar surface area (TPSA) is 84.5 Å². The molecule has 0 atom stereocenters. The van der Waals surface area contributed by atoms with Gasteiger partial charge < -0.3 is 9.73 Å². The average Bonchev–Trinajstić information content (AvgIpc) is 3.40. The van der Waals surface area contributed by atoms with Crippen LogP contribution >= 0.6 is 0 Å². The first-order valence-corrected chi connectivity index (χ1v) is 9.62. The van der Waals surface area contributed by atoms with Crippen LogP contribution in [0.15, 0.2) is 82.4 Å². The Balaban J connectivity index is 1.47. The van der Waals surface area contributed by atoms with Crippen molar-refractivity contribution in [3.05, 3.63) is 90.1 Å². The number of aryl methyl sites for hydroxylation is 1. The normalized spacial score (nSPS) is 11.0. The summed E-state index contributed by atoms with van der Waals surface area (Å²) in [7, 11) is 0. The molecule has 31 heavy (non-hydrogen) atoms. The molecule has 2 N–H and O–H groups in total. The minimum Gasteiger partial charge on any atom is -0.460 e. The molecule has 0 fully saturated rings. The van der Waals surface area contributed by atoms with Crippen molar-refractivity contribution in [2.45, 2.75) is 6.92 Å². The smallest absolute Gasteiger partial charge is 0.259 e. The Morgan fingerprint density at radius 2 is 1.90 bits per heavy atom. The maximum absolute atomic E-state index is 12.9. The van der Waals surface area contributed by atoms with Gasteiger partial charge >= 0.3 is 0 Å². The van der Waals surface area contributed by atoms with Crippen molar-refractivity contribution < 1.29 is 13.6 Å². The number of para-hydroxylation sites is 1. The van der Waals surface area contributed by atoms with Crippen LogP contribution in [0.1, 0.15) is 11.3 Å². The van der Waals surface area contributed by atoms with Crippen molar-refractivity contribution in [3.8, 4) is 17.1 Å². The van der Waals surface area contributed by atoms with E-state index in [1.54, 1.807) is 16.8 Å². The van der Waals surface area contributed by atoms with Gasteiger partial charge in [0.15, 0.2) is 5.76 Å². The highest BCUT2D eigenvalue weighted by Crippen LogP contribution is 2.24. The Morgan fingerprint density at radius 1 is 1.13 bits per heavy atom. The van der Waals surface area contributed by atoms with Gasteiger partial charge in [0.1, 0.15) is 17.3 Å². The van der Waals surface area contributed by atoms with Crippen LogP contribution in [0.25, 0.3) is 17.1 Å². The van der Waals surface area contributed by atoms with E-state index in [-0.39, 0.29) is 18.3 Å². The predicted molar refractivity (Wildman–Crippen MR) is 117 cm³/mol. The summed E-state index contributed by atoms with van der Waals surface area (Å²) in [5.74, 6) is 0.704. The van der Waals surface area contributed by atoms with Gasteiger partial charge in [-0.2, -0.15) is 10.2 Å². The van der Waals surface area contributed by atoms with Gasteiger partial charge in [-0.3, -0.25) is 4.79 Å². The number of hydrazone groups is 1. The number of hydrogen-bond acceptors (Lipinski definition) is 5. The number of aromatic nitrogens is 2. The Hall–Kier alpha value is -4.20. The quantitative estimate of drug-likeness (QED) is 0.350. The largest absolute Gasteiger partial charge is 0.460 e. The molecule has 1 amide bonds. The van der Waals surface area contributed by atoms with Gasteiger partial charge in [0, 0.05) is 17.4 Å². The summed E-state index contributed by atoms with van der Waals surface area (Å²) in [4.78, 5) is 12.1. The van der Waals surface area contributed by atoms with E-state index < -0.39 is 0 Å². The number of rotatable bonds is 7. The van der Waals surface area contributed by atoms with Crippen LogP contribution in [0.3, 0.4) is 0 Å². The first kappa shape index (κ1) is 20.1. The lowest BCUT2D eigenvalue weighted by molar-refractivity contribution is -0.119. The number of anilines is 1. The fourth-order valence-electron chi connectivity index (χ4n) is 2.91. The Kier molecular flexibility index (Phi) is 5.89. The zero-order valence-corrected chi connectivity index (χ0v) is 16.7. The molecule has 4 aromatic rings. The molecule has 2 aromatic heterocycles. The van der Waals surface area contributed by atoms with Gasteiger partial charge in [0.25, 0.3) is 5.91 Å². The molecule has 4 rings (SSSR count). The van der Waals surface area contributed by atoms with E-state index in [9.17, 15) is 9.18 Å². The Bertz CT molecular complexity index is 1200. The number of furan rings is 1. The number of hydrogen-bond donors (Lipinski definition) is 2. The third kappa shape index (κ3) is 5.05. The SMILES string of the molecule is Cc1ccc(-c2nn(-c3ccccc3)cc2/C=N\NC(=O)CNc2ccc(F)cc2)o1. The molecule has 0 radical (unpaired) electrons. The minimum absolute atomic E-state index is 0.00349. The highest BCUT2D eigenvalue weighted by molar-refractivity contribution is 5.89. The maximum Gasteiger partial charge on any atom is 0.259 e. The van der Waals surface area contributed by atoms with Gasteiger partial charge in [-0.15, -0.1) is 0 Å². The van der Waals surface area contributed by atoms with E-state index in [4.69, 9.17) is 4.42 Å². The lowest BCUT2D eigenvalue weighted by atomic mass is 10.2. The summed E-state index contributed by atoms with van der Waals surface area (Å²) in [5.41, 5.74) is 5.29. The van der Waals surface area contributed by atoms with Crippen molar-refractivity contribution >= 4 is 17.8 Å². The second-order valence-electron chi connectivity index (χ2n) is 6.78. The average molecular weight is 417 g/mol. The van der Waals surface area contributed by atoms with Gasteiger partial charge in [0.2, 0.25) is 0 Å². The fourth-order valence-corrected chi connectivity index (χ4v) is 2.91. The zero-order valence-electron chi connectivity index (χ0n) is 16.7. The molecule has 0 aliphatic heterocycles. The number of amides is 1. The zero-order chi connectivity index (χ0) is 21.6. The van der Waals surface area contributed by atoms with E-state index in [1.807, 2.05) is 55.6 Å². The molecular formula is C23H20FN5O2. The molecule has 0 saturated carbocycles. The van der Waals surface area contributed by atoms with Crippen LogP contribution in [-0.2, 0) is 4.79 Å². The van der Waals surface area contributed by atoms with Crippen molar-refractivity contribution in [1.82, 2.24) is 15.2 Å². The van der Waals surface area contributed by atoms with E-state index >= 15 is 0 Å². The van der Waals surface area contributed by atoms with Crippen LogP contribution in [0, 0.1) is 12.7 Å².